The van der Waals surface area contributed by atoms with Crippen molar-refractivity contribution in [1.82, 2.24) is 9.97 Å². The van der Waals surface area contributed by atoms with Gasteiger partial charge in [-0.05, 0) is 0 Å². The molecule has 1 aromatic heterocycles. The van der Waals surface area contributed by atoms with Crippen molar-refractivity contribution in [3.8, 4) is 0 Å². The molecule has 0 spiro atoms. The van der Waals surface area contributed by atoms with E-state index in [4.69, 9.17) is 10.5 Å². The van der Waals surface area contributed by atoms with Crippen LogP contribution in [-0.2, 0) is 4.74 Å². The first-order chi connectivity index (χ1) is 6.74. The van der Waals surface area contributed by atoms with Gasteiger partial charge in [-0.2, -0.15) is 0 Å². The number of aliphatic hydroxyl groups excluding tert-OH is 1. The summed E-state index contributed by atoms with van der Waals surface area (Å²) in [5.74, 6) is 0.523. The summed E-state index contributed by atoms with van der Waals surface area (Å²) in [4.78, 5) is 7.66. The molecule has 14 heavy (non-hydrogen) atoms. The van der Waals surface area contributed by atoms with Gasteiger partial charge < -0.3 is 20.9 Å². The summed E-state index contributed by atoms with van der Waals surface area (Å²) in [6.45, 7) is 0.618. The third-order valence-corrected chi connectivity index (χ3v) is 1.60. The molecule has 0 amide bonds. The molecule has 6 nitrogen and oxygen atoms in total. The van der Waals surface area contributed by atoms with Gasteiger partial charge in [0.05, 0.1) is 24.6 Å². The zero-order valence-corrected chi connectivity index (χ0v) is 7.97. The standard InChI is InChI=1S/C8H14N4O2/c1-14-4-6(13)2-11-8-7(9)3-10-5-12-8/h3,5-6,13H,2,4,9H2,1H3,(H,10,11,12). The van der Waals surface area contributed by atoms with Crippen LogP contribution in [-0.4, -0.2) is 41.4 Å². The van der Waals surface area contributed by atoms with Crippen LogP contribution in [0.4, 0.5) is 11.5 Å². The fourth-order valence-corrected chi connectivity index (χ4v) is 0.954. The Morgan fingerprint density at radius 2 is 2.50 bits per heavy atom. The number of aromatic nitrogens is 2. The predicted octanol–water partition coefficient (Wildman–Crippen LogP) is -0.522. The molecule has 0 aliphatic heterocycles. The summed E-state index contributed by atoms with van der Waals surface area (Å²) in [6.07, 6.45) is 2.31. The highest BCUT2D eigenvalue weighted by Crippen LogP contribution is 2.10. The van der Waals surface area contributed by atoms with Gasteiger partial charge in [-0.3, -0.25) is 0 Å². The topological polar surface area (TPSA) is 93.3 Å². The van der Waals surface area contributed by atoms with E-state index in [1.165, 1.54) is 19.6 Å². The average Bonchev–Trinajstić information content (AvgIpc) is 2.17. The lowest BCUT2D eigenvalue weighted by molar-refractivity contribution is 0.0727. The molecule has 0 aromatic carbocycles. The molecule has 0 saturated carbocycles. The number of nitrogens with zero attached hydrogens (tertiary/aromatic N) is 2. The van der Waals surface area contributed by atoms with Crippen LogP contribution < -0.4 is 11.1 Å². The van der Waals surface area contributed by atoms with E-state index in [1.807, 2.05) is 0 Å². The van der Waals surface area contributed by atoms with Crippen molar-refractivity contribution in [2.45, 2.75) is 6.10 Å². The maximum absolute atomic E-state index is 9.33. The lowest BCUT2D eigenvalue weighted by Crippen LogP contribution is -2.24. The van der Waals surface area contributed by atoms with E-state index in [0.717, 1.165) is 0 Å². The first-order valence-corrected chi connectivity index (χ1v) is 4.20. The molecule has 0 saturated heterocycles. The molecule has 1 rings (SSSR count). The maximum Gasteiger partial charge on any atom is 0.152 e. The second-order valence-electron chi connectivity index (χ2n) is 2.82. The van der Waals surface area contributed by atoms with Crippen molar-refractivity contribution in [3.63, 3.8) is 0 Å². The van der Waals surface area contributed by atoms with E-state index in [-0.39, 0.29) is 6.61 Å². The Hall–Kier alpha value is -1.40. The molecule has 0 fully saturated rings. The molecule has 0 bridgehead atoms. The van der Waals surface area contributed by atoms with Gasteiger partial charge in [0.1, 0.15) is 6.33 Å². The number of nitrogens with two attached hydrogens (primary N) is 1. The summed E-state index contributed by atoms with van der Waals surface area (Å²) in [5, 5.41) is 12.2. The fraction of sp³-hybridized carbons (Fsp3) is 0.500. The van der Waals surface area contributed by atoms with E-state index in [2.05, 4.69) is 15.3 Å². The molecule has 78 valence electrons. The number of ether oxygens (including phenoxy) is 1. The smallest absolute Gasteiger partial charge is 0.152 e. The van der Waals surface area contributed by atoms with Crippen LogP contribution in [0.5, 0.6) is 0 Å². The van der Waals surface area contributed by atoms with E-state index in [0.29, 0.717) is 18.1 Å². The Balaban J connectivity index is 2.41. The molecule has 1 heterocycles. The molecular weight excluding hydrogens is 184 g/mol. The molecular formula is C8H14N4O2. The molecule has 1 atom stereocenters. The summed E-state index contributed by atoms with van der Waals surface area (Å²) < 4.78 is 4.77. The molecule has 1 unspecified atom stereocenters. The Bertz CT molecular complexity index is 282. The summed E-state index contributed by atoms with van der Waals surface area (Å²) in [5.41, 5.74) is 6.04. The predicted molar refractivity (Wildman–Crippen MR) is 52.8 cm³/mol. The van der Waals surface area contributed by atoms with Gasteiger partial charge in [0.25, 0.3) is 0 Å². The van der Waals surface area contributed by atoms with Gasteiger partial charge in [0.15, 0.2) is 5.82 Å². The van der Waals surface area contributed by atoms with E-state index in [1.54, 1.807) is 0 Å². The Morgan fingerprint density at radius 1 is 1.71 bits per heavy atom. The second kappa shape index (κ2) is 5.36. The highest BCUT2D eigenvalue weighted by atomic mass is 16.5. The van der Waals surface area contributed by atoms with Gasteiger partial charge in [-0.1, -0.05) is 0 Å². The summed E-state index contributed by atoms with van der Waals surface area (Å²) in [7, 11) is 1.53. The third-order valence-electron chi connectivity index (χ3n) is 1.60. The number of hydrogen-bond acceptors (Lipinski definition) is 6. The van der Waals surface area contributed by atoms with Crippen molar-refractivity contribution in [2.24, 2.45) is 0 Å². The zero-order valence-electron chi connectivity index (χ0n) is 7.97. The van der Waals surface area contributed by atoms with Crippen molar-refractivity contribution < 1.29 is 9.84 Å². The number of hydrogen-bond donors (Lipinski definition) is 3. The maximum atomic E-state index is 9.33. The van der Waals surface area contributed by atoms with Gasteiger partial charge in [-0.15, -0.1) is 0 Å². The number of rotatable bonds is 5. The minimum atomic E-state index is -0.575. The molecule has 0 radical (unpaired) electrons. The lowest BCUT2D eigenvalue weighted by Gasteiger charge is -2.11. The van der Waals surface area contributed by atoms with Gasteiger partial charge in [0.2, 0.25) is 0 Å². The van der Waals surface area contributed by atoms with Gasteiger partial charge in [-0.25, -0.2) is 9.97 Å². The van der Waals surface area contributed by atoms with Gasteiger partial charge in [0, 0.05) is 13.7 Å². The Labute approximate surface area is 82.1 Å². The largest absolute Gasteiger partial charge is 0.394 e. The number of methoxy groups -OCH3 is 1. The van der Waals surface area contributed by atoms with Crippen LogP contribution in [0.3, 0.4) is 0 Å². The van der Waals surface area contributed by atoms with Crippen molar-refractivity contribution in [3.05, 3.63) is 12.5 Å². The minimum Gasteiger partial charge on any atom is -0.394 e. The molecule has 0 aliphatic rings. The van der Waals surface area contributed by atoms with E-state index in [9.17, 15) is 5.11 Å². The number of anilines is 2. The molecule has 4 N–H and O–H groups in total. The van der Waals surface area contributed by atoms with Crippen LogP contribution in [0.25, 0.3) is 0 Å². The van der Waals surface area contributed by atoms with Crippen LogP contribution >= 0.6 is 0 Å². The first kappa shape index (κ1) is 10.7. The molecule has 1 aromatic rings. The third kappa shape index (κ3) is 3.15. The first-order valence-electron chi connectivity index (χ1n) is 4.20. The van der Waals surface area contributed by atoms with Crippen LogP contribution in [0.15, 0.2) is 12.5 Å². The summed E-state index contributed by atoms with van der Waals surface area (Å²) >= 11 is 0. The quantitative estimate of drug-likeness (QED) is 0.589. The lowest BCUT2D eigenvalue weighted by atomic mass is 10.3. The van der Waals surface area contributed by atoms with Crippen LogP contribution in [0, 0.1) is 0 Å². The van der Waals surface area contributed by atoms with Crippen molar-refractivity contribution in [2.75, 3.05) is 31.3 Å². The Morgan fingerprint density at radius 3 is 3.14 bits per heavy atom. The Kier molecular flexibility index (Phi) is 4.09. The SMILES string of the molecule is COCC(O)CNc1ncncc1N. The number of aliphatic hydroxyl groups is 1. The number of nitrogen functional groups attached to an aromatic ring is 1. The van der Waals surface area contributed by atoms with Crippen LogP contribution in [0.2, 0.25) is 0 Å². The summed E-state index contributed by atoms with van der Waals surface area (Å²) in [6, 6.07) is 0. The molecule has 0 aliphatic carbocycles. The van der Waals surface area contributed by atoms with Crippen LogP contribution in [0.1, 0.15) is 0 Å². The van der Waals surface area contributed by atoms with E-state index < -0.39 is 6.10 Å². The zero-order chi connectivity index (χ0) is 10.4. The van der Waals surface area contributed by atoms with Gasteiger partial charge >= 0.3 is 0 Å². The normalized spacial score (nSPS) is 12.4. The van der Waals surface area contributed by atoms with E-state index >= 15 is 0 Å². The fourth-order valence-electron chi connectivity index (χ4n) is 0.954. The number of nitrogens with one attached hydrogen (secondary N) is 1. The van der Waals surface area contributed by atoms with Crippen molar-refractivity contribution in [1.29, 1.82) is 0 Å². The highest BCUT2D eigenvalue weighted by molar-refractivity contribution is 5.58. The van der Waals surface area contributed by atoms with Crippen molar-refractivity contribution >= 4 is 11.5 Å². The highest BCUT2D eigenvalue weighted by Gasteiger charge is 2.04. The average molecular weight is 198 g/mol. The molecule has 6 heteroatoms. The second-order valence-corrected chi connectivity index (χ2v) is 2.82. The monoisotopic (exact) mass is 198 g/mol. The minimum absolute atomic E-state index is 0.276.